The lowest BCUT2D eigenvalue weighted by molar-refractivity contribution is -0.115. The Morgan fingerprint density at radius 3 is 2.25 bits per heavy atom. The smallest absolute Gasteiger partial charge is 0.300 e. The summed E-state index contributed by atoms with van der Waals surface area (Å²) >= 11 is 0. The van der Waals surface area contributed by atoms with E-state index in [-0.39, 0.29) is 23.2 Å². The van der Waals surface area contributed by atoms with Crippen LogP contribution in [0.1, 0.15) is 18.1 Å². The van der Waals surface area contributed by atoms with Gasteiger partial charge in [-0.3, -0.25) is 19.1 Å². The van der Waals surface area contributed by atoms with Gasteiger partial charge in [-0.05, 0) is 37.1 Å². The quantitative estimate of drug-likeness (QED) is 0.802. The van der Waals surface area contributed by atoms with Crippen LogP contribution in [0.5, 0.6) is 6.01 Å². The number of methoxy groups -OCH3 is 1. The molecule has 1 aliphatic heterocycles. The lowest BCUT2D eigenvalue weighted by Crippen LogP contribution is -2.38. The number of benzene rings is 1. The van der Waals surface area contributed by atoms with Crippen molar-refractivity contribution in [1.29, 1.82) is 0 Å². The molecule has 0 aliphatic carbocycles. The minimum absolute atomic E-state index is 0.196. The Balaban J connectivity index is 2.41. The average Bonchev–Trinajstić information content (AvgIpc) is 2.53. The van der Waals surface area contributed by atoms with Crippen molar-refractivity contribution in [1.82, 2.24) is 9.55 Å². The van der Waals surface area contributed by atoms with Crippen molar-refractivity contribution in [3.8, 4) is 6.01 Å². The first-order valence-corrected chi connectivity index (χ1v) is 7.58. The molecule has 1 aliphatic rings. The fraction of sp³-hybridized carbons (Fsp3) is 0.353. The Bertz CT molecular complexity index is 917. The van der Waals surface area contributed by atoms with Crippen LogP contribution in [0.2, 0.25) is 0 Å². The largest absolute Gasteiger partial charge is 0.468 e. The van der Waals surface area contributed by atoms with Crippen LogP contribution in [0.4, 0.5) is 22.9 Å². The first-order valence-electron chi connectivity index (χ1n) is 7.58. The summed E-state index contributed by atoms with van der Waals surface area (Å²) in [5.74, 6) is 0.166. The molecule has 0 radical (unpaired) electrons. The maximum Gasteiger partial charge on any atom is 0.300 e. The van der Waals surface area contributed by atoms with Gasteiger partial charge >= 0.3 is 6.01 Å². The summed E-state index contributed by atoms with van der Waals surface area (Å²) in [4.78, 5) is 32.9. The van der Waals surface area contributed by atoms with E-state index in [0.717, 1.165) is 16.8 Å². The molecule has 1 aromatic heterocycles. The molecule has 0 saturated carbocycles. The highest BCUT2D eigenvalue weighted by molar-refractivity contribution is 6.08. The fourth-order valence-electron chi connectivity index (χ4n) is 2.97. The van der Waals surface area contributed by atoms with Crippen LogP contribution in [0, 0.1) is 13.8 Å². The SMILES string of the molecule is COc1nc2c(c(=O)n1C)N(C(C)=O)c1cc(C)c(C)cc1N2C. The van der Waals surface area contributed by atoms with Gasteiger partial charge in [-0.1, -0.05) is 0 Å². The third kappa shape index (κ3) is 2.08. The molecule has 0 saturated heterocycles. The Kier molecular flexibility index (Phi) is 3.59. The van der Waals surface area contributed by atoms with Crippen LogP contribution >= 0.6 is 0 Å². The van der Waals surface area contributed by atoms with E-state index in [0.29, 0.717) is 11.5 Å². The van der Waals surface area contributed by atoms with Crippen LogP contribution in [0.15, 0.2) is 16.9 Å². The number of hydrogen-bond acceptors (Lipinski definition) is 5. The molecule has 0 fully saturated rings. The van der Waals surface area contributed by atoms with Crippen molar-refractivity contribution < 1.29 is 9.53 Å². The summed E-state index contributed by atoms with van der Waals surface area (Å²) in [6.07, 6.45) is 0. The zero-order valence-corrected chi connectivity index (χ0v) is 14.7. The molecular formula is C17H20N4O3. The molecule has 0 N–H and O–H groups in total. The Labute approximate surface area is 140 Å². The van der Waals surface area contributed by atoms with E-state index < -0.39 is 0 Å². The van der Waals surface area contributed by atoms with Gasteiger partial charge in [0.05, 0.1) is 18.5 Å². The first-order chi connectivity index (χ1) is 11.3. The average molecular weight is 328 g/mol. The molecule has 126 valence electrons. The Morgan fingerprint density at radius 1 is 1.12 bits per heavy atom. The molecule has 2 aromatic rings. The monoisotopic (exact) mass is 328 g/mol. The van der Waals surface area contributed by atoms with Crippen molar-refractivity contribution in [2.24, 2.45) is 7.05 Å². The molecule has 1 aromatic carbocycles. The number of anilines is 4. The molecule has 0 bridgehead atoms. The highest BCUT2D eigenvalue weighted by Crippen LogP contribution is 2.46. The molecule has 0 spiro atoms. The third-order valence-corrected chi connectivity index (χ3v) is 4.44. The molecule has 0 unspecified atom stereocenters. The molecular weight excluding hydrogens is 308 g/mol. The lowest BCUT2D eigenvalue weighted by atomic mass is 10.0. The van der Waals surface area contributed by atoms with Gasteiger partial charge in [0, 0.05) is 21.0 Å². The molecule has 0 atom stereocenters. The second kappa shape index (κ2) is 5.36. The number of aryl methyl sites for hydroxylation is 2. The predicted octanol–water partition coefficient (Wildman–Crippen LogP) is 2.17. The molecule has 24 heavy (non-hydrogen) atoms. The van der Waals surface area contributed by atoms with Crippen LogP contribution in [0.25, 0.3) is 0 Å². The van der Waals surface area contributed by atoms with Gasteiger partial charge in [0.1, 0.15) is 0 Å². The molecule has 1 amide bonds. The van der Waals surface area contributed by atoms with Gasteiger partial charge in [-0.2, -0.15) is 4.98 Å². The molecule has 2 heterocycles. The summed E-state index contributed by atoms with van der Waals surface area (Å²) in [5, 5.41) is 0. The zero-order valence-electron chi connectivity index (χ0n) is 14.7. The minimum Gasteiger partial charge on any atom is -0.468 e. The van der Waals surface area contributed by atoms with Crippen LogP contribution < -0.4 is 20.1 Å². The van der Waals surface area contributed by atoms with Crippen LogP contribution in [-0.2, 0) is 11.8 Å². The maximum absolute atomic E-state index is 12.8. The van der Waals surface area contributed by atoms with E-state index in [9.17, 15) is 9.59 Å². The van der Waals surface area contributed by atoms with Gasteiger partial charge in [-0.15, -0.1) is 0 Å². The predicted molar refractivity (Wildman–Crippen MR) is 92.8 cm³/mol. The summed E-state index contributed by atoms with van der Waals surface area (Å²) in [6.45, 7) is 5.43. The van der Waals surface area contributed by atoms with Gasteiger partial charge in [-0.25, -0.2) is 0 Å². The summed E-state index contributed by atoms with van der Waals surface area (Å²) < 4.78 is 6.49. The van der Waals surface area contributed by atoms with Crippen molar-refractivity contribution in [3.05, 3.63) is 33.6 Å². The van der Waals surface area contributed by atoms with E-state index in [1.54, 1.807) is 7.05 Å². The number of aromatic nitrogens is 2. The summed E-state index contributed by atoms with van der Waals surface area (Å²) in [6, 6.07) is 4.12. The number of carbonyl (C=O) groups excluding carboxylic acids is 1. The highest BCUT2D eigenvalue weighted by atomic mass is 16.5. The van der Waals surface area contributed by atoms with Crippen molar-refractivity contribution >= 4 is 28.8 Å². The number of fused-ring (bicyclic) bond motifs is 2. The normalized spacial score (nSPS) is 12.8. The van der Waals surface area contributed by atoms with Crippen molar-refractivity contribution in [2.45, 2.75) is 20.8 Å². The number of carbonyl (C=O) groups is 1. The molecule has 3 rings (SSSR count). The topological polar surface area (TPSA) is 67.7 Å². The number of nitrogens with zero attached hydrogens (tertiary/aromatic N) is 4. The van der Waals surface area contributed by atoms with E-state index in [2.05, 4.69) is 4.98 Å². The number of hydrogen-bond donors (Lipinski definition) is 0. The van der Waals surface area contributed by atoms with E-state index in [1.807, 2.05) is 37.9 Å². The molecule has 7 nitrogen and oxygen atoms in total. The first kappa shape index (κ1) is 16.0. The van der Waals surface area contributed by atoms with E-state index in [4.69, 9.17) is 4.74 Å². The Hall–Kier alpha value is -2.83. The summed E-state index contributed by atoms with van der Waals surface area (Å²) in [7, 11) is 4.86. The second-order valence-electron chi connectivity index (χ2n) is 5.97. The van der Waals surface area contributed by atoms with E-state index >= 15 is 0 Å². The number of ether oxygens (including phenoxy) is 1. The van der Waals surface area contributed by atoms with Gasteiger partial charge in [0.2, 0.25) is 5.91 Å². The lowest BCUT2D eigenvalue weighted by Gasteiger charge is -2.36. The zero-order chi connectivity index (χ0) is 17.8. The minimum atomic E-state index is -0.331. The Morgan fingerprint density at radius 2 is 1.71 bits per heavy atom. The second-order valence-corrected chi connectivity index (χ2v) is 5.97. The number of rotatable bonds is 1. The van der Waals surface area contributed by atoms with Crippen molar-refractivity contribution in [3.63, 3.8) is 0 Å². The maximum atomic E-state index is 12.8. The third-order valence-electron chi connectivity index (χ3n) is 4.44. The number of amides is 1. The van der Waals surface area contributed by atoms with Crippen LogP contribution in [0.3, 0.4) is 0 Å². The summed E-state index contributed by atoms with van der Waals surface area (Å²) in [5.41, 5.74) is 3.57. The van der Waals surface area contributed by atoms with Gasteiger partial charge in [0.25, 0.3) is 5.56 Å². The highest BCUT2D eigenvalue weighted by Gasteiger charge is 2.34. The van der Waals surface area contributed by atoms with E-state index in [1.165, 1.54) is 23.5 Å². The van der Waals surface area contributed by atoms with Crippen LogP contribution in [-0.4, -0.2) is 29.6 Å². The standard InChI is InChI=1S/C17H20N4O3/c1-9-7-12-13(8-10(9)2)21(11(3)22)14-15(19(12)4)18-17(24-6)20(5)16(14)23/h7-8H,1-6H3. The van der Waals surface area contributed by atoms with Crippen molar-refractivity contribution in [2.75, 3.05) is 24.0 Å². The fourth-order valence-corrected chi connectivity index (χ4v) is 2.97. The molecule has 7 heteroatoms. The van der Waals surface area contributed by atoms with Gasteiger partial charge < -0.3 is 9.64 Å². The van der Waals surface area contributed by atoms with Gasteiger partial charge in [0.15, 0.2) is 11.5 Å².